The summed E-state index contributed by atoms with van der Waals surface area (Å²) in [6.45, 7) is 5.89. The van der Waals surface area contributed by atoms with Gasteiger partial charge in [0, 0.05) is 19.1 Å². The molecule has 0 radical (unpaired) electrons. The smallest absolute Gasteiger partial charge is 0.325 e. The lowest BCUT2D eigenvalue weighted by atomic mass is 9.76. The Hall–Kier alpha value is -1.24. The first-order valence-electron chi connectivity index (χ1n) is 8.11. The third-order valence-corrected chi connectivity index (χ3v) is 5.20. The number of hydrogen-bond donors (Lipinski definition) is 0. The van der Waals surface area contributed by atoms with Crippen LogP contribution in [0.4, 0.5) is 8.78 Å². The van der Waals surface area contributed by atoms with Crippen molar-refractivity contribution in [3.8, 4) is 0 Å². The molecule has 0 heterocycles. The minimum Gasteiger partial charge on any atom is -0.547 e. The second kappa shape index (κ2) is 7.56. The van der Waals surface area contributed by atoms with Gasteiger partial charge in [0.25, 0.3) is 0 Å². The number of alkyl halides is 3. The molecule has 1 aliphatic carbocycles. The number of allylic oxidation sites excluding steroid dienone is 1. The zero-order chi connectivity index (χ0) is 18.8. The summed E-state index contributed by atoms with van der Waals surface area (Å²) in [5.74, 6) is -2.45. The summed E-state index contributed by atoms with van der Waals surface area (Å²) in [6, 6.07) is 8.37. The fraction of sp³-hybridized carbons (Fsp3) is 0.500. The average molecular weight is 389 g/mol. The van der Waals surface area contributed by atoms with Crippen molar-refractivity contribution in [2.75, 3.05) is 7.11 Å². The van der Waals surface area contributed by atoms with Crippen LogP contribution in [0.15, 0.2) is 42.2 Å². The van der Waals surface area contributed by atoms with Gasteiger partial charge in [0.2, 0.25) is 8.32 Å². The molecule has 0 aromatic heterocycles. The number of ketones is 1. The Balaban J connectivity index is 2.42. The van der Waals surface area contributed by atoms with Crippen molar-refractivity contribution in [3.63, 3.8) is 0 Å². The summed E-state index contributed by atoms with van der Waals surface area (Å²) in [7, 11) is -0.589. The molecule has 1 aromatic carbocycles. The summed E-state index contributed by atoms with van der Waals surface area (Å²) < 4.78 is 39.5. The summed E-state index contributed by atoms with van der Waals surface area (Å²) in [6.07, 6.45) is 0.731. The maximum absolute atomic E-state index is 14.1. The molecule has 0 unspecified atom stereocenters. The van der Waals surface area contributed by atoms with E-state index in [2.05, 4.69) is 0 Å². The van der Waals surface area contributed by atoms with Crippen LogP contribution < -0.4 is 0 Å². The van der Waals surface area contributed by atoms with Gasteiger partial charge in [-0.15, -0.1) is 0 Å². The molecule has 0 saturated heterocycles. The predicted molar refractivity (Wildman–Crippen MR) is 96.5 cm³/mol. The van der Waals surface area contributed by atoms with E-state index >= 15 is 0 Å². The van der Waals surface area contributed by atoms with Crippen molar-refractivity contribution in [2.45, 2.75) is 37.5 Å². The van der Waals surface area contributed by atoms with E-state index in [4.69, 9.17) is 20.8 Å². The van der Waals surface area contributed by atoms with E-state index < -0.39 is 37.4 Å². The first kappa shape index (κ1) is 20.1. The number of carbonyl (C=O) groups is 1. The highest BCUT2D eigenvalue weighted by Crippen LogP contribution is 2.45. The molecule has 0 fully saturated rings. The van der Waals surface area contributed by atoms with Gasteiger partial charge < -0.3 is 9.16 Å². The minimum atomic E-state index is -3.55. The van der Waals surface area contributed by atoms with Gasteiger partial charge in [-0.2, -0.15) is 8.78 Å². The second-order valence-electron chi connectivity index (χ2n) is 7.16. The molecule has 3 nitrogen and oxygen atoms in total. The zero-order valence-corrected chi connectivity index (χ0v) is 16.5. The van der Waals surface area contributed by atoms with Crippen LogP contribution in [0.1, 0.15) is 16.8 Å². The molecule has 25 heavy (non-hydrogen) atoms. The monoisotopic (exact) mass is 388 g/mol. The minimum absolute atomic E-state index is 0.0934. The van der Waals surface area contributed by atoms with Crippen molar-refractivity contribution >= 4 is 25.7 Å². The molecule has 0 saturated carbocycles. The normalized spacial score (nSPS) is 24.6. The number of carbonyl (C=O) groups excluding carboxylic acids is 1. The van der Waals surface area contributed by atoms with Gasteiger partial charge in [-0.25, -0.2) is 0 Å². The number of ether oxygens (including phenoxy) is 1. The molecule has 0 spiro atoms. The topological polar surface area (TPSA) is 35.5 Å². The molecule has 0 aliphatic heterocycles. The van der Waals surface area contributed by atoms with Crippen molar-refractivity contribution in [1.29, 1.82) is 0 Å². The van der Waals surface area contributed by atoms with Gasteiger partial charge in [0.05, 0.1) is 23.7 Å². The number of halogens is 3. The standard InChI is InChI=1S/C18H23ClF2O3Si/c1-23-15-11-13(24-25(2,3)4)10-14(18(19,20)21)16(15)17(22)12-8-6-5-7-9-12/h5-9,11,14-16H,10H2,1-4H3/t14-,15+,16+/m0/s1. The van der Waals surface area contributed by atoms with Gasteiger partial charge in [0.1, 0.15) is 0 Å². The van der Waals surface area contributed by atoms with Crippen molar-refractivity contribution in [1.82, 2.24) is 0 Å². The molecule has 1 aliphatic rings. The van der Waals surface area contributed by atoms with Crippen LogP contribution in [0.25, 0.3) is 0 Å². The molecule has 2 rings (SSSR count). The van der Waals surface area contributed by atoms with E-state index in [-0.39, 0.29) is 6.42 Å². The van der Waals surface area contributed by atoms with E-state index in [1.165, 1.54) is 7.11 Å². The van der Waals surface area contributed by atoms with E-state index in [9.17, 15) is 13.6 Å². The maximum Gasteiger partial charge on any atom is 0.325 e. The lowest BCUT2D eigenvalue weighted by Crippen LogP contribution is -2.45. The Morgan fingerprint density at radius 2 is 1.84 bits per heavy atom. The lowest BCUT2D eigenvalue weighted by Gasteiger charge is -2.38. The van der Waals surface area contributed by atoms with Crippen LogP contribution in [0.2, 0.25) is 19.6 Å². The Kier molecular flexibility index (Phi) is 6.07. The number of rotatable bonds is 6. The van der Waals surface area contributed by atoms with E-state index in [1.54, 1.807) is 36.4 Å². The van der Waals surface area contributed by atoms with Crippen molar-refractivity contribution in [3.05, 3.63) is 47.7 Å². The Morgan fingerprint density at radius 1 is 1.24 bits per heavy atom. The zero-order valence-electron chi connectivity index (χ0n) is 14.8. The largest absolute Gasteiger partial charge is 0.547 e. The predicted octanol–water partition coefficient (Wildman–Crippen LogP) is 5.09. The highest BCUT2D eigenvalue weighted by molar-refractivity contribution is 6.70. The van der Waals surface area contributed by atoms with Crippen LogP contribution in [-0.4, -0.2) is 32.7 Å². The molecule has 3 atom stereocenters. The van der Waals surface area contributed by atoms with Crippen molar-refractivity contribution in [2.24, 2.45) is 11.8 Å². The van der Waals surface area contributed by atoms with Crippen LogP contribution in [0.3, 0.4) is 0 Å². The van der Waals surface area contributed by atoms with E-state index in [0.717, 1.165) is 0 Å². The number of benzene rings is 1. The Morgan fingerprint density at radius 3 is 2.32 bits per heavy atom. The maximum atomic E-state index is 14.1. The molecule has 138 valence electrons. The fourth-order valence-corrected chi connectivity index (χ4v) is 4.21. The number of hydrogen-bond acceptors (Lipinski definition) is 3. The average Bonchev–Trinajstić information content (AvgIpc) is 2.52. The summed E-state index contributed by atoms with van der Waals surface area (Å²) in [5.41, 5.74) is 0.364. The molecule has 0 N–H and O–H groups in total. The first-order chi connectivity index (χ1) is 11.5. The quantitative estimate of drug-likeness (QED) is 0.387. The van der Waals surface area contributed by atoms with Gasteiger partial charge in [-0.05, 0) is 37.3 Å². The molecule has 0 bridgehead atoms. The van der Waals surface area contributed by atoms with Gasteiger partial charge >= 0.3 is 5.38 Å². The van der Waals surface area contributed by atoms with Crippen LogP contribution in [-0.2, 0) is 9.16 Å². The highest BCUT2D eigenvalue weighted by atomic mass is 35.5. The van der Waals surface area contributed by atoms with Gasteiger partial charge in [-0.3, -0.25) is 4.79 Å². The number of Topliss-reactive ketones (excluding diaryl/α,β-unsaturated/α-hetero) is 1. The third kappa shape index (κ3) is 5.12. The summed E-state index contributed by atoms with van der Waals surface area (Å²) in [5, 5.41) is -3.55. The molecule has 0 amide bonds. The summed E-state index contributed by atoms with van der Waals surface area (Å²) >= 11 is 5.38. The highest BCUT2D eigenvalue weighted by Gasteiger charge is 2.51. The van der Waals surface area contributed by atoms with E-state index in [0.29, 0.717) is 11.3 Å². The van der Waals surface area contributed by atoms with E-state index in [1.807, 2.05) is 19.6 Å². The van der Waals surface area contributed by atoms with Crippen LogP contribution >= 0.6 is 11.6 Å². The van der Waals surface area contributed by atoms with Crippen molar-refractivity contribution < 1.29 is 22.7 Å². The summed E-state index contributed by atoms with van der Waals surface area (Å²) in [4.78, 5) is 12.9. The second-order valence-corrected chi connectivity index (χ2v) is 12.1. The molecular weight excluding hydrogens is 366 g/mol. The Labute approximate surface area is 153 Å². The van der Waals surface area contributed by atoms with Crippen LogP contribution in [0, 0.1) is 11.8 Å². The molecular formula is C18H23ClF2O3Si. The third-order valence-electron chi connectivity index (χ3n) is 4.05. The number of methoxy groups -OCH3 is 1. The molecule has 7 heteroatoms. The molecule has 1 aromatic rings. The van der Waals surface area contributed by atoms with Gasteiger partial charge in [0.15, 0.2) is 5.78 Å². The lowest BCUT2D eigenvalue weighted by molar-refractivity contribution is -0.0411. The first-order valence-corrected chi connectivity index (χ1v) is 11.9. The Bertz CT molecular complexity index is 638. The fourth-order valence-electron chi connectivity index (χ4n) is 3.06. The SMILES string of the molecule is CO[C@@H]1C=C(O[Si](C)(C)C)C[C@H](C(F)(F)Cl)[C@H]1C(=O)c1ccccc1. The van der Waals surface area contributed by atoms with Gasteiger partial charge in [-0.1, -0.05) is 30.3 Å². The van der Waals surface area contributed by atoms with Crippen LogP contribution in [0.5, 0.6) is 0 Å².